The van der Waals surface area contributed by atoms with Gasteiger partial charge in [-0.1, -0.05) is 31.0 Å². The van der Waals surface area contributed by atoms with E-state index in [0.29, 0.717) is 23.5 Å². The van der Waals surface area contributed by atoms with Crippen LogP contribution in [0.25, 0.3) is 22.0 Å². The number of H-pyrrole nitrogens is 1. The number of rotatable bonds is 11. The number of unbranched alkanes of at least 4 members (excludes halogenated alkanes) is 2. The summed E-state index contributed by atoms with van der Waals surface area (Å²) in [5, 5.41) is 7.94. The van der Waals surface area contributed by atoms with Crippen molar-refractivity contribution in [3.63, 3.8) is 0 Å². The second kappa shape index (κ2) is 11.6. The molecule has 35 heavy (non-hydrogen) atoms. The van der Waals surface area contributed by atoms with Crippen LogP contribution in [0.2, 0.25) is 0 Å². The van der Waals surface area contributed by atoms with Crippen LogP contribution in [0.5, 0.6) is 5.75 Å². The van der Waals surface area contributed by atoms with E-state index in [9.17, 15) is 9.59 Å². The number of amides is 2. The number of methoxy groups -OCH3 is 1. The Kier molecular flexibility index (Phi) is 8.10. The SMILES string of the molecule is CNC(=O)CCCCC[C@H](NC(=O)c1cncs1)c1ncc(-c2ccc3cc(OC)ccc3c2)[nH]1. The quantitative estimate of drug-likeness (QED) is 0.260. The number of ether oxygens (including phenoxy) is 1. The molecule has 0 radical (unpaired) electrons. The van der Waals surface area contributed by atoms with E-state index in [1.165, 1.54) is 11.3 Å². The Morgan fingerprint density at radius 1 is 1.09 bits per heavy atom. The van der Waals surface area contributed by atoms with Crippen molar-refractivity contribution < 1.29 is 14.3 Å². The van der Waals surface area contributed by atoms with Crippen LogP contribution in [-0.2, 0) is 4.79 Å². The molecular weight excluding hydrogens is 462 g/mol. The number of aromatic nitrogens is 3. The largest absolute Gasteiger partial charge is 0.497 e. The summed E-state index contributed by atoms with van der Waals surface area (Å²) in [7, 11) is 3.31. The molecule has 2 amide bonds. The second-order valence-electron chi connectivity index (χ2n) is 8.27. The monoisotopic (exact) mass is 491 g/mol. The van der Waals surface area contributed by atoms with Gasteiger partial charge in [0.05, 0.1) is 36.7 Å². The molecule has 1 atom stereocenters. The van der Waals surface area contributed by atoms with Crippen LogP contribution < -0.4 is 15.4 Å². The predicted molar refractivity (Wildman–Crippen MR) is 138 cm³/mol. The van der Waals surface area contributed by atoms with Crippen molar-refractivity contribution in [1.82, 2.24) is 25.6 Å². The van der Waals surface area contributed by atoms with Crippen LogP contribution in [0, 0.1) is 0 Å². The molecule has 8 nitrogen and oxygen atoms in total. The van der Waals surface area contributed by atoms with E-state index in [1.54, 1.807) is 32.1 Å². The van der Waals surface area contributed by atoms with Crippen LogP contribution >= 0.6 is 11.3 Å². The maximum atomic E-state index is 12.7. The molecule has 4 rings (SSSR count). The fourth-order valence-electron chi connectivity index (χ4n) is 3.95. The topological polar surface area (TPSA) is 109 Å². The Bertz CT molecular complexity index is 1290. The number of carbonyl (C=O) groups is 2. The molecule has 2 aromatic carbocycles. The lowest BCUT2D eigenvalue weighted by atomic mass is 10.0. The molecule has 0 saturated carbocycles. The summed E-state index contributed by atoms with van der Waals surface area (Å²) in [6.07, 6.45) is 7.15. The molecule has 0 aliphatic carbocycles. The number of imidazole rings is 1. The lowest BCUT2D eigenvalue weighted by Crippen LogP contribution is -2.28. The maximum absolute atomic E-state index is 12.7. The number of fused-ring (bicyclic) bond motifs is 1. The zero-order valence-electron chi connectivity index (χ0n) is 19.8. The first-order valence-electron chi connectivity index (χ1n) is 11.6. The molecule has 0 saturated heterocycles. The van der Waals surface area contributed by atoms with Gasteiger partial charge < -0.3 is 20.4 Å². The highest BCUT2D eigenvalue weighted by molar-refractivity contribution is 7.11. The Balaban J connectivity index is 1.49. The molecule has 3 N–H and O–H groups in total. The molecule has 0 aliphatic heterocycles. The van der Waals surface area contributed by atoms with Crippen LogP contribution in [0.15, 0.2) is 54.3 Å². The number of benzene rings is 2. The molecule has 0 aliphatic rings. The van der Waals surface area contributed by atoms with Gasteiger partial charge in [-0.3, -0.25) is 14.6 Å². The fourth-order valence-corrected chi connectivity index (χ4v) is 4.47. The van der Waals surface area contributed by atoms with E-state index in [0.717, 1.165) is 47.0 Å². The number of carbonyl (C=O) groups excluding carboxylic acids is 2. The highest BCUT2D eigenvalue weighted by Crippen LogP contribution is 2.28. The predicted octanol–water partition coefficient (Wildman–Crippen LogP) is 4.86. The summed E-state index contributed by atoms with van der Waals surface area (Å²) < 4.78 is 5.32. The van der Waals surface area contributed by atoms with Crippen molar-refractivity contribution in [2.24, 2.45) is 0 Å². The van der Waals surface area contributed by atoms with E-state index >= 15 is 0 Å². The van der Waals surface area contributed by atoms with Crippen molar-refractivity contribution >= 4 is 33.9 Å². The van der Waals surface area contributed by atoms with Crippen molar-refractivity contribution in [1.29, 1.82) is 0 Å². The van der Waals surface area contributed by atoms with Gasteiger partial charge in [0.1, 0.15) is 16.5 Å². The normalized spacial score (nSPS) is 11.8. The molecule has 2 aromatic heterocycles. The molecule has 9 heteroatoms. The molecule has 182 valence electrons. The van der Waals surface area contributed by atoms with E-state index in [4.69, 9.17) is 4.74 Å². The molecular formula is C26H29N5O3S. The van der Waals surface area contributed by atoms with Crippen molar-refractivity contribution in [2.45, 2.75) is 38.1 Å². The Morgan fingerprint density at radius 3 is 2.69 bits per heavy atom. The molecule has 0 unspecified atom stereocenters. The number of aromatic amines is 1. The van der Waals surface area contributed by atoms with Crippen molar-refractivity contribution in [3.8, 4) is 17.0 Å². The zero-order chi connectivity index (χ0) is 24.6. The van der Waals surface area contributed by atoms with Gasteiger partial charge in [0, 0.05) is 19.0 Å². The third-order valence-electron chi connectivity index (χ3n) is 5.92. The summed E-state index contributed by atoms with van der Waals surface area (Å²) in [6.45, 7) is 0. The Labute approximate surface area is 208 Å². The summed E-state index contributed by atoms with van der Waals surface area (Å²) in [4.78, 5) is 36.8. The molecule has 0 bridgehead atoms. The number of hydrogen-bond acceptors (Lipinski definition) is 6. The first-order valence-corrected chi connectivity index (χ1v) is 12.5. The average Bonchev–Trinajstić information content (AvgIpc) is 3.60. The minimum Gasteiger partial charge on any atom is -0.497 e. The number of hydrogen-bond donors (Lipinski definition) is 3. The third kappa shape index (κ3) is 6.24. The number of thiazole rings is 1. The van der Waals surface area contributed by atoms with Gasteiger partial charge in [-0.15, -0.1) is 11.3 Å². The summed E-state index contributed by atoms with van der Waals surface area (Å²) in [5.41, 5.74) is 3.54. The fraction of sp³-hybridized carbons (Fsp3) is 0.308. The van der Waals surface area contributed by atoms with Crippen molar-refractivity contribution in [3.05, 3.63) is 65.0 Å². The summed E-state index contributed by atoms with van der Waals surface area (Å²) in [5.74, 6) is 1.41. The van der Waals surface area contributed by atoms with Crippen LogP contribution in [0.1, 0.15) is 53.6 Å². The summed E-state index contributed by atoms with van der Waals surface area (Å²) in [6, 6.07) is 11.9. The van der Waals surface area contributed by atoms with E-state index in [1.807, 2.05) is 24.3 Å². The van der Waals surface area contributed by atoms with Crippen LogP contribution in [0.4, 0.5) is 0 Å². The Hall–Kier alpha value is -3.72. The van der Waals surface area contributed by atoms with Crippen LogP contribution in [-0.4, -0.2) is 40.9 Å². The van der Waals surface area contributed by atoms with Gasteiger partial charge in [-0.05, 0) is 41.8 Å². The summed E-state index contributed by atoms with van der Waals surface area (Å²) >= 11 is 1.30. The first-order chi connectivity index (χ1) is 17.1. The number of nitrogens with zero attached hydrogens (tertiary/aromatic N) is 2. The van der Waals surface area contributed by atoms with E-state index in [2.05, 4.69) is 37.7 Å². The van der Waals surface area contributed by atoms with Gasteiger partial charge in [0.25, 0.3) is 5.91 Å². The van der Waals surface area contributed by atoms with Gasteiger partial charge >= 0.3 is 0 Å². The molecule has 2 heterocycles. The highest BCUT2D eigenvalue weighted by atomic mass is 32.1. The minimum atomic E-state index is -0.275. The second-order valence-corrected chi connectivity index (χ2v) is 9.16. The minimum absolute atomic E-state index is 0.0459. The standard InChI is InChI=1S/C26H29N5O3S/c1-27-24(32)7-5-3-4-6-21(31-26(33)23-15-28-16-35-23)25-29-14-22(30-25)19-9-8-18-13-20(34-2)11-10-17(18)12-19/h8-16,21H,3-7H2,1-2H3,(H,27,32)(H,29,30)(H,31,33)/t21-/m0/s1. The lowest BCUT2D eigenvalue weighted by Gasteiger charge is -2.16. The van der Waals surface area contributed by atoms with Gasteiger partial charge in [-0.25, -0.2) is 4.98 Å². The Morgan fingerprint density at radius 2 is 1.91 bits per heavy atom. The van der Waals surface area contributed by atoms with Gasteiger partial charge in [-0.2, -0.15) is 0 Å². The number of nitrogens with one attached hydrogen (secondary N) is 3. The molecule has 0 fully saturated rings. The van der Waals surface area contributed by atoms with Gasteiger partial charge in [0.15, 0.2) is 0 Å². The molecule has 0 spiro atoms. The first kappa shape index (κ1) is 24.4. The van der Waals surface area contributed by atoms with Crippen molar-refractivity contribution in [2.75, 3.05) is 14.2 Å². The molecule has 4 aromatic rings. The maximum Gasteiger partial charge on any atom is 0.263 e. The van der Waals surface area contributed by atoms with E-state index in [-0.39, 0.29) is 17.9 Å². The van der Waals surface area contributed by atoms with Gasteiger partial charge in [0.2, 0.25) is 5.91 Å². The smallest absolute Gasteiger partial charge is 0.263 e. The third-order valence-corrected chi connectivity index (χ3v) is 6.69. The average molecular weight is 492 g/mol. The highest BCUT2D eigenvalue weighted by Gasteiger charge is 2.20. The van der Waals surface area contributed by atoms with E-state index < -0.39 is 0 Å². The zero-order valence-corrected chi connectivity index (χ0v) is 20.7. The lowest BCUT2D eigenvalue weighted by molar-refractivity contribution is -0.120. The van der Waals surface area contributed by atoms with Crippen LogP contribution in [0.3, 0.4) is 0 Å².